The molecule has 0 atom stereocenters. The number of hydrogen-bond donors (Lipinski definition) is 1. The molecule has 150 valence electrons. The van der Waals surface area contributed by atoms with E-state index in [1.54, 1.807) is 13.8 Å². The van der Waals surface area contributed by atoms with Crippen molar-refractivity contribution in [1.82, 2.24) is 0 Å². The van der Waals surface area contributed by atoms with E-state index in [1.807, 2.05) is 12.1 Å². The average Bonchev–Trinajstić information content (AvgIpc) is 2.63. The third-order valence-electron chi connectivity index (χ3n) is 4.20. The number of benzene rings is 1. The maximum atomic E-state index is 9.36. The zero-order valence-corrected chi connectivity index (χ0v) is 17.1. The fourth-order valence-corrected chi connectivity index (χ4v) is 2.43. The predicted molar refractivity (Wildman–Crippen MR) is 104 cm³/mol. The highest BCUT2D eigenvalue weighted by atomic mass is 17.1. The lowest BCUT2D eigenvalue weighted by Gasteiger charge is -2.26. The Morgan fingerprint density at radius 3 is 1.77 bits per heavy atom. The highest BCUT2D eigenvalue weighted by Gasteiger charge is 2.30. The summed E-state index contributed by atoms with van der Waals surface area (Å²) in [6.07, 6.45) is 6.02. The van der Waals surface area contributed by atoms with Crippen molar-refractivity contribution in [2.75, 3.05) is 19.8 Å². The summed E-state index contributed by atoms with van der Waals surface area (Å²) in [7, 11) is 0. The minimum Gasteiger partial charge on any atom is -0.490 e. The molecule has 0 aliphatic rings. The molecule has 1 N–H and O–H groups in total. The molecule has 1 rings (SSSR count). The minimum absolute atomic E-state index is 0.577. The highest BCUT2D eigenvalue weighted by molar-refractivity contribution is 5.57. The molecule has 0 aromatic heterocycles. The minimum atomic E-state index is -0.910. The van der Waals surface area contributed by atoms with Gasteiger partial charge >= 0.3 is 0 Å². The van der Waals surface area contributed by atoms with Crippen molar-refractivity contribution in [3.63, 3.8) is 0 Å². The van der Waals surface area contributed by atoms with E-state index in [9.17, 15) is 5.26 Å². The summed E-state index contributed by atoms with van der Waals surface area (Å²) in [6.45, 7) is 11.8. The summed E-state index contributed by atoms with van der Waals surface area (Å²) in [5.41, 5.74) is -0.169. The van der Waals surface area contributed by atoms with Crippen LogP contribution in [0.5, 0.6) is 17.2 Å². The van der Waals surface area contributed by atoms with Gasteiger partial charge in [0, 0.05) is 5.56 Å². The lowest BCUT2D eigenvalue weighted by Crippen LogP contribution is -2.22. The summed E-state index contributed by atoms with van der Waals surface area (Å²) in [4.78, 5) is 4.71. The van der Waals surface area contributed by atoms with E-state index in [1.165, 1.54) is 0 Å². The molecule has 5 nitrogen and oxygen atoms in total. The van der Waals surface area contributed by atoms with Gasteiger partial charge in [-0.05, 0) is 45.2 Å². The van der Waals surface area contributed by atoms with E-state index < -0.39 is 5.60 Å². The van der Waals surface area contributed by atoms with Gasteiger partial charge in [-0.3, -0.25) is 5.26 Å². The third-order valence-corrected chi connectivity index (χ3v) is 4.20. The first kappa shape index (κ1) is 22.6. The van der Waals surface area contributed by atoms with Gasteiger partial charge in [0.05, 0.1) is 19.8 Å². The van der Waals surface area contributed by atoms with Crippen molar-refractivity contribution in [3.8, 4) is 17.2 Å². The van der Waals surface area contributed by atoms with Crippen molar-refractivity contribution in [3.05, 3.63) is 17.7 Å². The zero-order valence-electron chi connectivity index (χ0n) is 17.1. The van der Waals surface area contributed by atoms with E-state index in [0.29, 0.717) is 37.1 Å². The molecule has 1 aromatic rings. The Balaban J connectivity index is 3.26. The SMILES string of the molecule is CCCCOc1ccc(C(C)(C)OO)c(OCCCC)c1OCCCC. The van der Waals surface area contributed by atoms with Gasteiger partial charge in [-0.25, -0.2) is 4.89 Å². The first-order valence-electron chi connectivity index (χ1n) is 9.90. The Kier molecular flexibility index (Phi) is 10.4. The number of rotatable bonds is 14. The third kappa shape index (κ3) is 6.69. The second kappa shape index (κ2) is 12.0. The topological polar surface area (TPSA) is 57.2 Å². The lowest BCUT2D eigenvalue weighted by molar-refractivity contribution is -0.318. The first-order chi connectivity index (χ1) is 12.5. The average molecular weight is 369 g/mol. The van der Waals surface area contributed by atoms with Crippen molar-refractivity contribution >= 4 is 0 Å². The Hall–Kier alpha value is -1.46. The fraction of sp³-hybridized carbons (Fsp3) is 0.714. The van der Waals surface area contributed by atoms with E-state index in [-0.39, 0.29) is 0 Å². The molecule has 5 heteroatoms. The Morgan fingerprint density at radius 2 is 1.27 bits per heavy atom. The summed E-state index contributed by atoms with van der Waals surface area (Å²) in [5.74, 6) is 1.88. The quantitative estimate of drug-likeness (QED) is 0.250. The van der Waals surface area contributed by atoms with Crippen LogP contribution in [0.25, 0.3) is 0 Å². The molecule has 0 bridgehead atoms. The molecule has 0 saturated carbocycles. The molecule has 0 saturated heterocycles. The van der Waals surface area contributed by atoms with Crippen LogP contribution in [0, 0.1) is 0 Å². The zero-order chi connectivity index (χ0) is 19.4. The second-order valence-electron chi connectivity index (χ2n) is 6.98. The molecule has 0 heterocycles. The van der Waals surface area contributed by atoms with Crippen LogP contribution < -0.4 is 14.2 Å². The lowest BCUT2D eigenvalue weighted by atomic mass is 9.96. The molecule has 0 unspecified atom stereocenters. The largest absolute Gasteiger partial charge is 0.490 e. The number of unbranched alkanes of at least 4 members (excludes halogenated alkanes) is 3. The van der Waals surface area contributed by atoms with Gasteiger partial charge in [-0.2, -0.15) is 0 Å². The van der Waals surface area contributed by atoms with Gasteiger partial charge in [0.1, 0.15) is 5.60 Å². The molecule has 0 fully saturated rings. The summed E-state index contributed by atoms with van der Waals surface area (Å²) >= 11 is 0. The molecule has 0 radical (unpaired) electrons. The van der Waals surface area contributed by atoms with Crippen LogP contribution in [0.2, 0.25) is 0 Å². The highest BCUT2D eigenvalue weighted by Crippen LogP contribution is 2.45. The Bertz CT molecular complexity index is 513. The van der Waals surface area contributed by atoms with Crippen molar-refractivity contribution in [1.29, 1.82) is 0 Å². The van der Waals surface area contributed by atoms with E-state index in [4.69, 9.17) is 19.1 Å². The van der Waals surface area contributed by atoms with Crippen LogP contribution in [0.3, 0.4) is 0 Å². The van der Waals surface area contributed by atoms with Crippen molar-refractivity contribution < 1.29 is 24.4 Å². The molecule has 26 heavy (non-hydrogen) atoms. The maximum Gasteiger partial charge on any atom is 0.203 e. The molecule has 0 aliphatic heterocycles. The summed E-state index contributed by atoms with van der Waals surface area (Å²) < 4.78 is 18.1. The van der Waals surface area contributed by atoms with E-state index in [2.05, 4.69) is 20.8 Å². The van der Waals surface area contributed by atoms with Gasteiger partial charge in [-0.1, -0.05) is 40.0 Å². The Morgan fingerprint density at radius 1 is 0.769 bits per heavy atom. The van der Waals surface area contributed by atoms with Gasteiger partial charge < -0.3 is 14.2 Å². The monoisotopic (exact) mass is 368 g/mol. The molecule has 0 amide bonds. The van der Waals surface area contributed by atoms with Crippen molar-refractivity contribution in [2.45, 2.75) is 78.7 Å². The smallest absolute Gasteiger partial charge is 0.203 e. The number of hydrogen-bond acceptors (Lipinski definition) is 5. The van der Waals surface area contributed by atoms with Gasteiger partial charge in [0.15, 0.2) is 11.5 Å². The standard InChI is InChI=1S/C21H36O5/c1-6-9-14-23-18-13-12-17(21(4,5)26-22)19(24-15-10-7-2)20(18)25-16-11-8-3/h12-13,22H,6-11,14-16H2,1-5H3. The first-order valence-corrected chi connectivity index (χ1v) is 9.90. The van der Waals surface area contributed by atoms with E-state index in [0.717, 1.165) is 44.1 Å². The maximum absolute atomic E-state index is 9.36. The molecule has 0 aliphatic carbocycles. The Labute approximate surface area is 158 Å². The number of ether oxygens (including phenoxy) is 3. The van der Waals surface area contributed by atoms with Gasteiger partial charge in [0.2, 0.25) is 5.75 Å². The van der Waals surface area contributed by atoms with Crippen LogP contribution in [0.4, 0.5) is 0 Å². The van der Waals surface area contributed by atoms with Crippen LogP contribution in [-0.4, -0.2) is 25.1 Å². The van der Waals surface area contributed by atoms with Crippen LogP contribution in [0.1, 0.15) is 78.7 Å². The summed E-state index contributed by atoms with van der Waals surface area (Å²) in [5, 5.41) is 9.36. The van der Waals surface area contributed by atoms with Gasteiger partial charge in [-0.15, -0.1) is 0 Å². The van der Waals surface area contributed by atoms with E-state index >= 15 is 0 Å². The van der Waals surface area contributed by atoms with Crippen LogP contribution in [-0.2, 0) is 10.5 Å². The van der Waals surface area contributed by atoms with Gasteiger partial charge in [0.25, 0.3) is 0 Å². The summed E-state index contributed by atoms with van der Waals surface area (Å²) in [6, 6.07) is 3.76. The molecular weight excluding hydrogens is 332 g/mol. The molecule has 1 aromatic carbocycles. The predicted octanol–water partition coefficient (Wildman–Crippen LogP) is 5.95. The van der Waals surface area contributed by atoms with Crippen molar-refractivity contribution in [2.24, 2.45) is 0 Å². The molecule has 0 spiro atoms. The fourth-order valence-electron chi connectivity index (χ4n) is 2.43. The van der Waals surface area contributed by atoms with Crippen LogP contribution >= 0.6 is 0 Å². The molecular formula is C21H36O5. The normalized spacial score (nSPS) is 11.5. The second-order valence-corrected chi connectivity index (χ2v) is 6.98. The van der Waals surface area contributed by atoms with Crippen LogP contribution in [0.15, 0.2) is 12.1 Å².